The number of hydrogen-bond donors (Lipinski definition) is 0. The van der Waals surface area contributed by atoms with Crippen molar-refractivity contribution in [2.75, 3.05) is 33.0 Å². The van der Waals surface area contributed by atoms with Crippen LogP contribution >= 0.6 is 0 Å². The average Bonchev–Trinajstić information content (AvgIpc) is 3.97. The maximum absolute atomic E-state index is 5.87. The largest absolute Gasteiger partial charge is 0.381 e. The Morgan fingerprint density at radius 3 is 0.727 bits per heavy atom. The zero-order valence-electron chi connectivity index (χ0n) is 31.0. The van der Waals surface area contributed by atoms with E-state index in [1.807, 2.05) is 0 Å². The molecule has 0 aromatic heterocycles. The fraction of sp³-hybridized carbons (Fsp3) is 1.00. The molecule has 2 heterocycles. The quantitative estimate of drug-likeness (QED) is 0.0527. The Balaban J connectivity index is 0.00000229. The number of rotatable bonds is 34. The summed E-state index contributed by atoms with van der Waals surface area (Å²) in [6.45, 7) is 11.6. The fourth-order valence-corrected chi connectivity index (χ4v) is 5.70. The van der Waals surface area contributed by atoms with Crippen LogP contribution in [-0.2, 0) is 14.2 Å². The van der Waals surface area contributed by atoms with Gasteiger partial charge in [0, 0.05) is 13.2 Å². The van der Waals surface area contributed by atoms with Crippen molar-refractivity contribution in [1.29, 1.82) is 0 Å². The van der Waals surface area contributed by atoms with Crippen LogP contribution in [0.5, 0.6) is 0 Å². The minimum absolute atomic E-state index is 0.583. The summed E-state index contributed by atoms with van der Waals surface area (Å²) in [4.78, 5) is 0. The Kier molecular flexibility index (Phi) is 40.8. The van der Waals surface area contributed by atoms with Gasteiger partial charge in [0.05, 0.1) is 25.9 Å². The number of unbranched alkanes of at least 4 members (excludes halogenated alkanes) is 30. The highest BCUT2D eigenvalue weighted by molar-refractivity contribution is 4.58. The third-order valence-corrected chi connectivity index (χ3v) is 8.99. The predicted octanol–water partition coefficient (Wildman–Crippen LogP) is 13.9. The van der Waals surface area contributed by atoms with Gasteiger partial charge in [0.2, 0.25) is 0 Å². The molecule has 0 aromatic carbocycles. The van der Waals surface area contributed by atoms with E-state index in [9.17, 15) is 0 Å². The van der Waals surface area contributed by atoms with E-state index in [0.29, 0.717) is 6.10 Å². The SMILES string of the molecule is C1CO1.CC1CO1.CCCCCCCCCCCCCCCCCCOCCCCCCCCCCCCCCCCCC. The molecule has 0 spiro atoms. The van der Waals surface area contributed by atoms with Crippen molar-refractivity contribution >= 4 is 0 Å². The van der Waals surface area contributed by atoms with Gasteiger partial charge in [-0.1, -0.05) is 206 Å². The highest BCUT2D eigenvalue weighted by Gasteiger charge is 2.13. The molecule has 0 radical (unpaired) electrons. The molecule has 1 atom stereocenters. The van der Waals surface area contributed by atoms with E-state index in [2.05, 4.69) is 25.5 Å². The highest BCUT2D eigenvalue weighted by atomic mass is 16.6. The Labute approximate surface area is 279 Å². The van der Waals surface area contributed by atoms with Gasteiger partial charge in [-0.05, 0) is 19.8 Å². The third kappa shape index (κ3) is 48.8. The van der Waals surface area contributed by atoms with Crippen LogP contribution in [0.4, 0.5) is 0 Å². The summed E-state index contributed by atoms with van der Waals surface area (Å²) < 4.78 is 15.1. The molecule has 44 heavy (non-hydrogen) atoms. The summed E-state index contributed by atoms with van der Waals surface area (Å²) >= 11 is 0. The van der Waals surface area contributed by atoms with Gasteiger partial charge < -0.3 is 14.2 Å². The van der Waals surface area contributed by atoms with Crippen LogP contribution in [0.1, 0.15) is 226 Å². The normalized spacial score (nSPS) is 14.9. The first kappa shape index (κ1) is 43.9. The molecule has 0 amide bonds. The van der Waals surface area contributed by atoms with Gasteiger partial charge in [0.15, 0.2) is 0 Å². The summed E-state index contributed by atoms with van der Waals surface area (Å²) in [5.41, 5.74) is 0. The topological polar surface area (TPSA) is 34.3 Å². The second-order valence-electron chi connectivity index (χ2n) is 14.0. The lowest BCUT2D eigenvalue weighted by Crippen LogP contribution is -1.97. The van der Waals surface area contributed by atoms with Crippen molar-refractivity contribution in [2.24, 2.45) is 0 Å². The monoisotopic (exact) mass is 625 g/mol. The molecular formula is C41H84O3. The molecule has 1 unspecified atom stereocenters. The molecule has 2 fully saturated rings. The minimum Gasteiger partial charge on any atom is -0.381 e. The van der Waals surface area contributed by atoms with Gasteiger partial charge in [0.25, 0.3) is 0 Å². The second-order valence-corrected chi connectivity index (χ2v) is 14.0. The standard InChI is InChI=1S/C36H74O.C3H6O.C2H4O/c1-3-5-7-9-11-13-15-17-19-21-23-25-27-29-31-33-35-37-36-34-32-30-28-26-24-22-20-18-16-14-12-10-8-6-4-2;1-3-2-4-3;1-2-3-1/h3-36H2,1-2H3;3H,2H2,1H3;1-2H2. The highest BCUT2D eigenvalue weighted by Crippen LogP contribution is 2.15. The number of epoxide rings is 2. The Hall–Kier alpha value is -0.120. The first-order valence-electron chi connectivity index (χ1n) is 20.6. The van der Waals surface area contributed by atoms with Crippen molar-refractivity contribution in [1.82, 2.24) is 0 Å². The molecule has 0 N–H and O–H groups in total. The van der Waals surface area contributed by atoms with Crippen molar-refractivity contribution in [2.45, 2.75) is 232 Å². The van der Waals surface area contributed by atoms with Crippen molar-refractivity contribution in [3.05, 3.63) is 0 Å². The molecule has 2 aliphatic rings. The molecule has 0 aliphatic carbocycles. The smallest absolute Gasteiger partial charge is 0.0781 e. The first-order chi connectivity index (χ1) is 21.8. The van der Waals surface area contributed by atoms with Gasteiger partial charge >= 0.3 is 0 Å². The first-order valence-corrected chi connectivity index (χ1v) is 20.6. The van der Waals surface area contributed by atoms with Gasteiger partial charge in [-0.2, -0.15) is 0 Å². The van der Waals surface area contributed by atoms with E-state index >= 15 is 0 Å². The molecule has 0 aromatic rings. The summed E-state index contributed by atoms with van der Waals surface area (Å²) in [6, 6.07) is 0. The lowest BCUT2D eigenvalue weighted by atomic mass is 10.0. The van der Waals surface area contributed by atoms with Crippen LogP contribution in [0.2, 0.25) is 0 Å². The van der Waals surface area contributed by atoms with Crippen LogP contribution < -0.4 is 0 Å². The van der Waals surface area contributed by atoms with Crippen LogP contribution in [0.15, 0.2) is 0 Å². The number of ether oxygens (including phenoxy) is 3. The van der Waals surface area contributed by atoms with Gasteiger partial charge in [-0.25, -0.2) is 0 Å². The van der Waals surface area contributed by atoms with Gasteiger partial charge in [0.1, 0.15) is 0 Å². The molecule has 0 bridgehead atoms. The van der Waals surface area contributed by atoms with E-state index in [-0.39, 0.29) is 0 Å². The van der Waals surface area contributed by atoms with E-state index < -0.39 is 0 Å². The lowest BCUT2D eigenvalue weighted by Gasteiger charge is -2.06. The van der Waals surface area contributed by atoms with Gasteiger partial charge in [-0.3, -0.25) is 0 Å². The molecule has 2 aliphatic heterocycles. The Bertz CT molecular complexity index is 440. The van der Waals surface area contributed by atoms with Crippen LogP contribution in [0.25, 0.3) is 0 Å². The fourth-order valence-electron chi connectivity index (χ4n) is 5.70. The molecule has 2 saturated heterocycles. The maximum atomic E-state index is 5.87. The van der Waals surface area contributed by atoms with Crippen LogP contribution in [-0.4, -0.2) is 39.1 Å². The second kappa shape index (κ2) is 40.9. The minimum atomic E-state index is 0.583. The van der Waals surface area contributed by atoms with Crippen molar-refractivity contribution in [3.8, 4) is 0 Å². The zero-order valence-corrected chi connectivity index (χ0v) is 31.0. The summed E-state index contributed by atoms with van der Waals surface area (Å²) in [5.74, 6) is 0. The van der Waals surface area contributed by atoms with Gasteiger partial charge in [-0.15, -0.1) is 0 Å². The summed E-state index contributed by atoms with van der Waals surface area (Å²) in [7, 11) is 0. The summed E-state index contributed by atoms with van der Waals surface area (Å²) in [6.07, 6.45) is 46.6. The molecule has 3 heteroatoms. The third-order valence-electron chi connectivity index (χ3n) is 8.99. The van der Waals surface area contributed by atoms with Crippen molar-refractivity contribution < 1.29 is 14.2 Å². The van der Waals surface area contributed by atoms with Crippen molar-refractivity contribution in [3.63, 3.8) is 0 Å². The lowest BCUT2D eigenvalue weighted by molar-refractivity contribution is 0.125. The molecule has 2 rings (SSSR count). The summed E-state index contributed by atoms with van der Waals surface area (Å²) in [5, 5.41) is 0. The number of hydrogen-bond acceptors (Lipinski definition) is 3. The predicted molar refractivity (Wildman–Crippen MR) is 196 cm³/mol. The molecule has 0 saturated carbocycles. The Morgan fingerprint density at radius 2 is 0.568 bits per heavy atom. The average molecular weight is 625 g/mol. The van der Waals surface area contributed by atoms with E-state index in [1.54, 1.807) is 0 Å². The molecule has 266 valence electrons. The maximum Gasteiger partial charge on any atom is 0.0781 e. The molecule has 3 nitrogen and oxygen atoms in total. The van der Waals surface area contributed by atoms with E-state index in [1.165, 1.54) is 205 Å². The van der Waals surface area contributed by atoms with Crippen LogP contribution in [0, 0.1) is 0 Å². The zero-order chi connectivity index (χ0) is 31.9. The van der Waals surface area contributed by atoms with Crippen LogP contribution in [0.3, 0.4) is 0 Å². The molecular weight excluding hydrogens is 540 g/mol. The van der Waals surface area contributed by atoms with E-state index in [0.717, 1.165) is 33.0 Å². The Morgan fingerprint density at radius 1 is 0.386 bits per heavy atom. The van der Waals surface area contributed by atoms with E-state index in [4.69, 9.17) is 9.47 Å².